The first-order valence-corrected chi connectivity index (χ1v) is 6.90. The van der Waals surface area contributed by atoms with E-state index in [1.165, 1.54) is 11.9 Å². The van der Waals surface area contributed by atoms with Crippen LogP contribution in [0.4, 0.5) is 5.69 Å². The van der Waals surface area contributed by atoms with E-state index in [1.54, 1.807) is 0 Å². The van der Waals surface area contributed by atoms with Crippen LogP contribution in [0.25, 0.3) is 0 Å². The van der Waals surface area contributed by atoms with Gasteiger partial charge in [0.1, 0.15) is 12.2 Å². The first-order chi connectivity index (χ1) is 9.65. The number of aromatic amines is 1. The summed E-state index contributed by atoms with van der Waals surface area (Å²) in [6.45, 7) is 4.99. The summed E-state index contributed by atoms with van der Waals surface area (Å²) in [6.07, 6.45) is 1.97. The maximum Gasteiger partial charge on any atom is 0.227 e. The summed E-state index contributed by atoms with van der Waals surface area (Å²) in [4.78, 5) is 18.1. The molecule has 0 bridgehead atoms. The normalized spacial score (nSPS) is 19.1. The summed E-state index contributed by atoms with van der Waals surface area (Å²) in [7, 11) is 0. The fourth-order valence-corrected chi connectivity index (χ4v) is 2.59. The van der Waals surface area contributed by atoms with Gasteiger partial charge in [0.2, 0.25) is 5.91 Å². The van der Waals surface area contributed by atoms with E-state index in [-0.39, 0.29) is 11.8 Å². The first kappa shape index (κ1) is 12.8. The highest BCUT2D eigenvalue weighted by Gasteiger charge is 2.33. The molecule has 1 aromatic carbocycles. The van der Waals surface area contributed by atoms with Gasteiger partial charge in [-0.15, -0.1) is 0 Å². The minimum Gasteiger partial charge on any atom is -0.312 e. The van der Waals surface area contributed by atoms with E-state index in [0.717, 1.165) is 11.5 Å². The molecule has 2 heterocycles. The van der Waals surface area contributed by atoms with Crippen LogP contribution in [0.15, 0.2) is 30.6 Å². The van der Waals surface area contributed by atoms with Gasteiger partial charge in [-0.1, -0.05) is 26.0 Å². The van der Waals surface area contributed by atoms with E-state index in [2.05, 4.69) is 41.2 Å². The van der Waals surface area contributed by atoms with Gasteiger partial charge in [-0.3, -0.25) is 9.89 Å². The molecular weight excluding hydrogens is 252 g/mol. The molecule has 1 amide bonds. The van der Waals surface area contributed by atoms with Crippen molar-refractivity contribution in [1.29, 1.82) is 0 Å². The van der Waals surface area contributed by atoms with E-state index in [9.17, 15) is 4.79 Å². The van der Waals surface area contributed by atoms with Crippen molar-refractivity contribution in [1.82, 2.24) is 15.2 Å². The molecule has 0 saturated carbocycles. The summed E-state index contributed by atoms with van der Waals surface area (Å²) < 4.78 is 0. The lowest BCUT2D eigenvalue weighted by Gasteiger charge is -2.17. The summed E-state index contributed by atoms with van der Waals surface area (Å²) >= 11 is 0. The van der Waals surface area contributed by atoms with Gasteiger partial charge in [0.05, 0.1) is 0 Å². The van der Waals surface area contributed by atoms with Crippen LogP contribution in [-0.4, -0.2) is 27.6 Å². The molecule has 0 spiro atoms. The van der Waals surface area contributed by atoms with Crippen LogP contribution in [0.1, 0.15) is 43.5 Å². The Labute approximate surface area is 118 Å². The fraction of sp³-hybridized carbons (Fsp3) is 0.400. The maximum absolute atomic E-state index is 12.2. The Morgan fingerprint density at radius 2 is 2.05 bits per heavy atom. The Kier molecular flexibility index (Phi) is 3.26. The molecule has 5 heteroatoms. The zero-order valence-electron chi connectivity index (χ0n) is 11.7. The number of hydrogen-bond acceptors (Lipinski definition) is 3. The monoisotopic (exact) mass is 270 g/mol. The second-order valence-corrected chi connectivity index (χ2v) is 5.52. The van der Waals surface area contributed by atoms with Crippen LogP contribution >= 0.6 is 0 Å². The van der Waals surface area contributed by atoms with Gasteiger partial charge in [-0.2, -0.15) is 5.10 Å². The molecule has 3 rings (SSSR count). The van der Waals surface area contributed by atoms with Gasteiger partial charge in [-0.25, -0.2) is 4.98 Å². The molecule has 5 nitrogen and oxygen atoms in total. The second-order valence-electron chi connectivity index (χ2n) is 5.52. The molecule has 20 heavy (non-hydrogen) atoms. The SMILES string of the molecule is CC(C)c1ccc(N2C[C@@H](c3ncn[nH]3)CC2=O)cc1. The minimum atomic E-state index is 0.106. The molecule has 1 N–H and O–H groups in total. The number of anilines is 1. The molecular formula is C15H18N4O. The van der Waals surface area contributed by atoms with Crippen molar-refractivity contribution in [3.8, 4) is 0 Å². The van der Waals surface area contributed by atoms with Gasteiger partial charge in [-0.05, 0) is 23.6 Å². The van der Waals surface area contributed by atoms with Crippen molar-refractivity contribution < 1.29 is 4.79 Å². The Morgan fingerprint density at radius 1 is 1.30 bits per heavy atom. The van der Waals surface area contributed by atoms with Crippen LogP contribution in [0.2, 0.25) is 0 Å². The Morgan fingerprint density at radius 3 is 2.65 bits per heavy atom. The largest absolute Gasteiger partial charge is 0.312 e. The van der Waals surface area contributed by atoms with Gasteiger partial charge >= 0.3 is 0 Å². The van der Waals surface area contributed by atoms with E-state index in [0.29, 0.717) is 18.9 Å². The summed E-state index contributed by atoms with van der Waals surface area (Å²) in [6, 6.07) is 8.23. The van der Waals surface area contributed by atoms with Crippen molar-refractivity contribution in [2.45, 2.75) is 32.1 Å². The fourth-order valence-electron chi connectivity index (χ4n) is 2.59. The number of rotatable bonds is 3. The molecule has 1 atom stereocenters. The van der Waals surface area contributed by atoms with E-state index in [4.69, 9.17) is 0 Å². The molecule has 1 aliphatic rings. The Hall–Kier alpha value is -2.17. The number of H-pyrrole nitrogens is 1. The molecule has 2 aromatic rings. The molecule has 1 fully saturated rings. The Balaban J connectivity index is 1.79. The van der Waals surface area contributed by atoms with Gasteiger partial charge in [0, 0.05) is 24.6 Å². The zero-order valence-corrected chi connectivity index (χ0v) is 11.7. The molecule has 0 unspecified atom stereocenters. The number of benzene rings is 1. The number of nitrogens with zero attached hydrogens (tertiary/aromatic N) is 3. The van der Waals surface area contributed by atoms with Crippen molar-refractivity contribution >= 4 is 11.6 Å². The van der Waals surface area contributed by atoms with E-state index < -0.39 is 0 Å². The lowest BCUT2D eigenvalue weighted by molar-refractivity contribution is -0.117. The lowest BCUT2D eigenvalue weighted by atomic mass is 10.0. The Bertz CT molecular complexity index is 589. The molecule has 1 aliphatic heterocycles. The second kappa shape index (κ2) is 5.07. The number of nitrogens with one attached hydrogen (secondary N) is 1. The zero-order chi connectivity index (χ0) is 14.1. The standard InChI is InChI=1S/C15H18N4O/c1-10(2)11-3-5-13(6-4-11)19-8-12(7-14(19)20)15-16-9-17-18-15/h3-6,9-10,12H,7-8H2,1-2H3,(H,16,17,18)/t12-/m0/s1. The van der Waals surface area contributed by atoms with Gasteiger partial charge < -0.3 is 4.90 Å². The van der Waals surface area contributed by atoms with Crippen molar-refractivity contribution in [3.63, 3.8) is 0 Å². The summed E-state index contributed by atoms with van der Waals surface area (Å²) in [5.74, 6) is 1.54. The van der Waals surface area contributed by atoms with Crippen molar-refractivity contribution in [2.24, 2.45) is 0 Å². The van der Waals surface area contributed by atoms with Crippen LogP contribution in [0, 0.1) is 0 Å². The maximum atomic E-state index is 12.2. The highest BCUT2D eigenvalue weighted by molar-refractivity contribution is 5.96. The average Bonchev–Trinajstić information content (AvgIpc) is 3.08. The van der Waals surface area contributed by atoms with Crippen molar-refractivity contribution in [3.05, 3.63) is 42.0 Å². The van der Waals surface area contributed by atoms with Crippen molar-refractivity contribution in [2.75, 3.05) is 11.4 Å². The molecule has 0 aliphatic carbocycles. The molecule has 0 radical (unpaired) electrons. The van der Waals surface area contributed by atoms with Crippen LogP contribution in [0.3, 0.4) is 0 Å². The lowest BCUT2D eigenvalue weighted by Crippen LogP contribution is -2.24. The number of hydrogen-bond donors (Lipinski definition) is 1. The third kappa shape index (κ3) is 2.31. The number of carbonyl (C=O) groups excluding carboxylic acids is 1. The third-order valence-electron chi connectivity index (χ3n) is 3.82. The smallest absolute Gasteiger partial charge is 0.227 e. The van der Waals surface area contributed by atoms with Gasteiger partial charge in [0.25, 0.3) is 0 Å². The van der Waals surface area contributed by atoms with Crippen LogP contribution in [-0.2, 0) is 4.79 Å². The average molecular weight is 270 g/mol. The van der Waals surface area contributed by atoms with Crippen LogP contribution in [0.5, 0.6) is 0 Å². The van der Waals surface area contributed by atoms with E-state index >= 15 is 0 Å². The predicted octanol–water partition coefficient (Wildman–Crippen LogP) is 2.45. The highest BCUT2D eigenvalue weighted by Crippen LogP contribution is 2.30. The van der Waals surface area contributed by atoms with Gasteiger partial charge in [0.15, 0.2) is 0 Å². The molecule has 104 valence electrons. The summed E-state index contributed by atoms with van der Waals surface area (Å²) in [5, 5.41) is 6.71. The van der Waals surface area contributed by atoms with E-state index in [1.807, 2.05) is 17.0 Å². The number of amides is 1. The predicted molar refractivity (Wildman–Crippen MR) is 76.6 cm³/mol. The number of carbonyl (C=O) groups is 1. The quantitative estimate of drug-likeness (QED) is 0.931. The van der Waals surface area contributed by atoms with Crippen LogP contribution < -0.4 is 4.90 Å². The third-order valence-corrected chi connectivity index (χ3v) is 3.82. The molecule has 1 saturated heterocycles. The molecule has 1 aromatic heterocycles. The minimum absolute atomic E-state index is 0.106. The summed E-state index contributed by atoms with van der Waals surface area (Å²) in [5.41, 5.74) is 2.24. The first-order valence-electron chi connectivity index (χ1n) is 6.90. The number of aromatic nitrogens is 3. The topological polar surface area (TPSA) is 61.9 Å². The highest BCUT2D eigenvalue weighted by atomic mass is 16.2.